The molecule has 0 bridgehead atoms. The fourth-order valence-corrected chi connectivity index (χ4v) is 2.00. The van der Waals surface area contributed by atoms with Crippen molar-refractivity contribution in [3.05, 3.63) is 0 Å². The molecule has 0 aliphatic heterocycles. The number of hydrogen-bond acceptors (Lipinski definition) is 5. The minimum atomic E-state index is -2.63. The van der Waals surface area contributed by atoms with E-state index >= 15 is 0 Å². The van der Waals surface area contributed by atoms with E-state index in [0.717, 1.165) is 19.1 Å². The molecule has 110 valence electrons. The Bertz CT molecular complexity index is 344. The number of amides is 1. The molecule has 4 N–H and O–H groups in total. The largest absolute Gasteiger partial charge is 0.480 e. The molecule has 0 heterocycles. The third-order valence-corrected chi connectivity index (χ3v) is 3.58. The minimum absolute atomic E-state index is 0.168. The third-order valence-electron chi connectivity index (χ3n) is 2.36. The van der Waals surface area contributed by atoms with Gasteiger partial charge in [-0.15, -0.1) is 0 Å². The molecule has 0 aliphatic carbocycles. The van der Waals surface area contributed by atoms with Crippen LogP contribution < -0.4 is 5.32 Å². The van der Waals surface area contributed by atoms with E-state index in [1.54, 1.807) is 11.8 Å². The Hall–Kier alpha value is -1.28. The van der Waals surface area contributed by atoms with Crippen molar-refractivity contribution in [3.63, 3.8) is 0 Å². The Morgan fingerprint density at radius 3 is 2.26 bits per heavy atom. The zero-order valence-electron chi connectivity index (χ0n) is 10.9. The standard InChI is InChI=1S/C11H19NO6S/c1-3-5-19-6-4-7(8(13)14)12-9(15)11(2,18)10(16)17/h7,18H,3-6H2,1-2H3,(H,12,15)(H,13,14)(H,16,17). The van der Waals surface area contributed by atoms with E-state index in [4.69, 9.17) is 10.2 Å². The second-order valence-electron chi connectivity index (χ2n) is 4.14. The fourth-order valence-electron chi connectivity index (χ4n) is 1.10. The Kier molecular flexibility index (Phi) is 7.47. The van der Waals surface area contributed by atoms with Gasteiger partial charge in [-0.05, 0) is 31.3 Å². The second kappa shape index (κ2) is 8.00. The van der Waals surface area contributed by atoms with Gasteiger partial charge in [-0.1, -0.05) is 6.92 Å². The highest BCUT2D eigenvalue weighted by Crippen LogP contribution is 2.09. The number of thioether (sulfide) groups is 1. The van der Waals surface area contributed by atoms with Gasteiger partial charge < -0.3 is 20.6 Å². The lowest BCUT2D eigenvalue weighted by Crippen LogP contribution is -2.54. The van der Waals surface area contributed by atoms with Gasteiger partial charge in [0.2, 0.25) is 5.60 Å². The van der Waals surface area contributed by atoms with E-state index in [9.17, 15) is 19.5 Å². The molecule has 7 nitrogen and oxygen atoms in total. The summed E-state index contributed by atoms with van der Waals surface area (Å²) in [5.41, 5.74) is -2.63. The number of nitrogens with one attached hydrogen (secondary N) is 1. The summed E-state index contributed by atoms with van der Waals surface area (Å²) in [6.45, 7) is 2.79. The quantitative estimate of drug-likeness (QED) is 0.346. The first-order valence-corrected chi connectivity index (χ1v) is 6.96. The maximum Gasteiger partial charge on any atom is 0.345 e. The van der Waals surface area contributed by atoms with Crippen molar-refractivity contribution in [3.8, 4) is 0 Å². The van der Waals surface area contributed by atoms with E-state index in [1.807, 2.05) is 12.2 Å². The highest BCUT2D eigenvalue weighted by Gasteiger charge is 2.40. The van der Waals surface area contributed by atoms with Gasteiger partial charge in [0.25, 0.3) is 5.91 Å². The number of carboxylic acid groups (broad SMARTS) is 2. The van der Waals surface area contributed by atoms with Gasteiger partial charge in [0, 0.05) is 0 Å². The molecule has 19 heavy (non-hydrogen) atoms. The van der Waals surface area contributed by atoms with Crippen molar-refractivity contribution < 1.29 is 29.7 Å². The summed E-state index contributed by atoms with van der Waals surface area (Å²) in [6.07, 6.45) is 1.13. The minimum Gasteiger partial charge on any atom is -0.480 e. The normalized spacial score (nSPS) is 15.3. The topological polar surface area (TPSA) is 124 Å². The summed E-state index contributed by atoms with van der Waals surface area (Å²) in [6, 6.07) is -1.21. The fraction of sp³-hybridized carbons (Fsp3) is 0.727. The maximum atomic E-state index is 11.5. The Balaban J connectivity index is 4.47. The van der Waals surface area contributed by atoms with Crippen molar-refractivity contribution in [2.24, 2.45) is 0 Å². The van der Waals surface area contributed by atoms with Crippen molar-refractivity contribution in [1.29, 1.82) is 0 Å². The molecule has 0 aromatic heterocycles. The smallest absolute Gasteiger partial charge is 0.345 e. The number of carbonyl (C=O) groups excluding carboxylic acids is 1. The van der Waals surface area contributed by atoms with E-state index in [0.29, 0.717) is 5.75 Å². The predicted molar refractivity (Wildman–Crippen MR) is 70.1 cm³/mol. The second-order valence-corrected chi connectivity index (χ2v) is 5.37. The number of aliphatic carboxylic acids is 2. The maximum absolute atomic E-state index is 11.5. The molecule has 0 saturated carbocycles. The van der Waals surface area contributed by atoms with Crippen LogP contribution in [0.5, 0.6) is 0 Å². The average molecular weight is 293 g/mol. The first-order chi connectivity index (χ1) is 8.73. The molecule has 0 spiro atoms. The van der Waals surface area contributed by atoms with Crippen LogP contribution in [0.15, 0.2) is 0 Å². The summed E-state index contributed by atoms with van der Waals surface area (Å²) < 4.78 is 0. The lowest BCUT2D eigenvalue weighted by Gasteiger charge is -2.21. The number of aliphatic hydroxyl groups is 1. The van der Waals surface area contributed by atoms with Gasteiger partial charge in [-0.2, -0.15) is 11.8 Å². The Labute approximate surface area is 115 Å². The molecule has 2 unspecified atom stereocenters. The van der Waals surface area contributed by atoms with Crippen LogP contribution in [0.2, 0.25) is 0 Å². The highest BCUT2D eigenvalue weighted by atomic mass is 32.2. The summed E-state index contributed by atoms with van der Waals surface area (Å²) in [5.74, 6) is -2.80. The molecule has 0 aromatic carbocycles. The lowest BCUT2D eigenvalue weighted by molar-refractivity contribution is -0.165. The molecule has 0 saturated heterocycles. The molecule has 8 heteroatoms. The predicted octanol–water partition coefficient (Wildman–Crippen LogP) is -0.0753. The SMILES string of the molecule is CCCSCCC(NC(=O)C(C)(O)C(=O)O)C(=O)O. The number of carbonyl (C=O) groups is 3. The van der Waals surface area contributed by atoms with Crippen LogP contribution in [-0.2, 0) is 14.4 Å². The Morgan fingerprint density at radius 2 is 1.84 bits per heavy atom. The average Bonchev–Trinajstić information content (AvgIpc) is 2.32. The molecule has 2 atom stereocenters. The van der Waals surface area contributed by atoms with Crippen LogP contribution in [0, 0.1) is 0 Å². The molecular weight excluding hydrogens is 274 g/mol. The van der Waals surface area contributed by atoms with Crippen LogP contribution in [0.1, 0.15) is 26.7 Å². The monoisotopic (exact) mass is 293 g/mol. The first-order valence-electron chi connectivity index (χ1n) is 5.80. The summed E-state index contributed by atoms with van der Waals surface area (Å²) in [7, 11) is 0. The van der Waals surface area contributed by atoms with E-state index < -0.39 is 29.5 Å². The molecular formula is C11H19NO6S. The van der Waals surface area contributed by atoms with Crippen molar-refractivity contribution in [2.75, 3.05) is 11.5 Å². The van der Waals surface area contributed by atoms with E-state index in [2.05, 4.69) is 0 Å². The van der Waals surface area contributed by atoms with Gasteiger partial charge in [-0.3, -0.25) is 4.79 Å². The van der Waals surface area contributed by atoms with Crippen LogP contribution in [0.25, 0.3) is 0 Å². The molecule has 0 aliphatic rings. The van der Waals surface area contributed by atoms with Gasteiger partial charge in [0.15, 0.2) is 0 Å². The van der Waals surface area contributed by atoms with Gasteiger partial charge in [0.05, 0.1) is 0 Å². The molecule has 0 radical (unpaired) electrons. The summed E-state index contributed by atoms with van der Waals surface area (Å²) >= 11 is 1.55. The van der Waals surface area contributed by atoms with E-state index in [-0.39, 0.29) is 6.42 Å². The number of rotatable bonds is 9. The third kappa shape index (κ3) is 5.93. The van der Waals surface area contributed by atoms with E-state index in [1.165, 1.54) is 0 Å². The first kappa shape index (κ1) is 17.7. The zero-order valence-corrected chi connectivity index (χ0v) is 11.7. The molecule has 0 rings (SSSR count). The van der Waals surface area contributed by atoms with Crippen LogP contribution in [0.3, 0.4) is 0 Å². The van der Waals surface area contributed by atoms with Crippen LogP contribution in [-0.4, -0.2) is 56.3 Å². The lowest BCUT2D eigenvalue weighted by atomic mass is 10.1. The summed E-state index contributed by atoms with van der Waals surface area (Å²) in [5, 5.41) is 29.0. The summed E-state index contributed by atoms with van der Waals surface area (Å²) in [4.78, 5) is 33.1. The van der Waals surface area contributed by atoms with Crippen molar-refractivity contribution in [1.82, 2.24) is 5.32 Å². The number of hydrogen-bond donors (Lipinski definition) is 4. The van der Waals surface area contributed by atoms with Gasteiger partial charge in [-0.25, -0.2) is 9.59 Å². The van der Waals surface area contributed by atoms with Crippen LogP contribution in [0.4, 0.5) is 0 Å². The highest BCUT2D eigenvalue weighted by molar-refractivity contribution is 7.99. The van der Waals surface area contributed by atoms with Crippen molar-refractivity contribution >= 4 is 29.6 Å². The number of carboxylic acids is 2. The van der Waals surface area contributed by atoms with Crippen LogP contribution >= 0.6 is 11.8 Å². The zero-order chi connectivity index (χ0) is 15.1. The molecule has 1 amide bonds. The Morgan fingerprint density at radius 1 is 1.26 bits per heavy atom. The van der Waals surface area contributed by atoms with Crippen molar-refractivity contribution in [2.45, 2.75) is 38.3 Å². The molecule has 0 fully saturated rings. The molecule has 0 aromatic rings. The van der Waals surface area contributed by atoms with Gasteiger partial charge >= 0.3 is 11.9 Å². The van der Waals surface area contributed by atoms with Gasteiger partial charge in [0.1, 0.15) is 6.04 Å².